The van der Waals surface area contributed by atoms with Gasteiger partial charge in [-0.1, -0.05) is 13.3 Å². The topological polar surface area (TPSA) is 81.6 Å². The number of nitrogens with one attached hydrogen (secondary N) is 1. The van der Waals surface area contributed by atoms with Crippen LogP contribution in [0.3, 0.4) is 0 Å². The monoisotopic (exact) mass is 344 g/mol. The lowest BCUT2D eigenvalue weighted by molar-refractivity contribution is 0.799. The number of rotatable bonds is 4. The van der Waals surface area contributed by atoms with E-state index in [0.29, 0.717) is 5.82 Å². The molecule has 90 valence electrons. The standard InChI is InChI=1S/C10H13IN6/c1-2-3-8-9(16-12)13-6-14-10(8)17-5-7(11)4-15-17/h4-6H,2-3,12H2,1H3,(H,13,14,16). The first-order chi connectivity index (χ1) is 8.26. The second kappa shape index (κ2) is 5.41. The summed E-state index contributed by atoms with van der Waals surface area (Å²) in [6.45, 7) is 2.10. The van der Waals surface area contributed by atoms with Crippen LogP contribution in [-0.4, -0.2) is 19.7 Å². The quantitative estimate of drug-likeness (QED) is 0.499. The van der Waals surface area contributed by atoms with Crippen molar-refractivity contribution >= 4 is 28.4 Å². The second-order valence-electron chi connectivity index (χ2n) is 3.52. The zero-order valence-corrected chi connectivity index (χ0v) is 11.5. The fourth-order valence-corrected chi connectivity index (χ4v) is 2.01. The average molecular weight is 344 g/mol. The summed E-state index contributed by atoms with van der Waals surface area (Å²) in [7, 11) is 0. The third kappa shape index (κ3) is 2.55. The molecule has 0 bridgehead atoms. The van der Waals surface area contributed by atoms with Crippen molar-refractivity contribution in [3.05, 3.63) is 27.9 Å². The summed E-state index contributed by atoms with van der Waals surface area (Å²) in [5.74, 6) is 6.89. The minimum Gasteiger partial charge on any atom is -0.308 e. The molecular weight excluding hydrogens is 331 g/mol. The van der Waals surface area contributed by atoms with Crippen LogP contribution in [0.2, 0.25) is 0 Å². The number of hydrogen-bond acceptors (Lipinski definition) is 5. The van der Waals surface area contributed by atoms with Crippen molar-refractivity contribution in [1.29, 1.82) is 0 Å². The minimum absolute atomic E-state index is 0.655. The summed E-state index contributed by atoms with van der Waals surface area (Å²) in [4.78, 5) is 8.40. The van der Waals surface area contributed by atoms with Crippen LogP contribution in [0.15, 0.2) is 18.7 Å². The lowest BCUT2D eigenvalue weighted by Gasteiger charge is -2.11. The Labute approximate surface area is 113 Å². The van der Waals surface area contributed by atoms with Gasteiger partial charge in [-0.05, 0) is 29.0 Å². The maximum Gasteiger partial charge on any atom is 0.162 e. The summed E-state index contributed by atoms with van der Waals surface area (Å²) in [6.07, 6.45) is 7.04. The number of nitrogens with two attached hydrogens (primary N) is 1. The maximum absolute atomic E-state index is 5.46. The van der Waals surface area contributed by atoms with Crippen LogP contribution in [0.1, 0.15) is 18.9 Å². The highest BCUT2D eigenvalue weighted by atomic mass is 127. The molecule has 0 amide bonds. The van der Waals surface area contributed by atoms with Crippen molar-refractivity contribution < 1.29 is 0 Å². The van der Waals surface area contributed by atoms with E-state index in [1.54, 1.807) is 10.9 Å². The van der Waals surface area contributed by atoms with Crippen molar-refractivity contribution in [2.75, 3.05) is 5.43 Å². The molecule has 3 N–H and O–H groups in total. The Morgan fingerprint density at radius 1 is 1.47 bits per heavy atom. The van der Waals surface area contributed by atoms with Gasteiger partial charge in [0.2, 0.25) is 0 Å². The molecule has 0 aliphatic carbocycles. The van der Waals surface area contributed by atoms with Crippen LogP contribution in [0, 0.1) is 3.57 Å². The molecule has 0 aliphatic heterocycles. The van der Waals surface area contributed by atoms with Crippen LogP contribution in [-0.2, 0) is 6.42 Å². The fourth-order valence-electron chi connectivity index (χ4n) is 1.62. The normalized spacial score (nSPS) is 10.5. The molecule has 17 heavy (non-hydrogen) atoms. The molecule has 2 rings (SSSR count). The molecule has 2 aromatic heterocycles. The predicted octanol–water partition coefficient (Wildman–Crippen LogP) is 1.50. The molecule has 0 unspecified atom stereocenters. The van der Waals surface area contributed by atoms with E-state index in [1.807, 2.05) is 6.20 Å². The first-order valence-corrected chi connectivity index (χ1v) is 6.35. The fraction of sp³-hybridized carbons (Fsp3) is 0.300. The van der Waals surface area contributed by atoms with Crippen molar-refractivity contribution in [1.82, 2.24) is 19.7 Å². The van der Waals surface area contributed by atoms with Gasteiger partial charge in [0.25, 0.3) is 0 Å². The molecular formula is C10H13IN6. The molecule has 0 atom stereocenters. The van der Waals surface area contributed by atoms with E-state index in [0.717, 1.165) is 27.8 Å². The molecule has 0 saturated carbocycles. The zero-order chi connectivity index (χ0) is 12.3. The Morgan fingerprint density at radius 2 is 2.29 bits per heavy atom. The summed E-state index contributed by atoms with van der Waals surface area (Å²) in [5.41, 5.74) is 3.59. The number of nitrogens with zero attached hydrogens (tertiary/aromatic N) is 4. The van der Waals surface area contributed by atoms with Crippen molar-refractivity contribution in [2.45, 2.75) is 19.8 Å². The largest absolute Gasteiger partial charge is 0.308 e. The van der Waals surface area contributed by atoms with Crippen LogP contribution in [0.4, 0.5) is 5.82 Å². The lowest BCUT2D eigenvalue weighted by atomic mass is 10.1. The Balaban J connectivity index is 2.52. The molecule has 0 fully saturated rings. The van der Waals surface area contributed by atoms with Crippen LogP contribution < -0.4 is 11.3 Å². The van der Waals surface area contributed by atoms with Gasteiger partial charge in [0, 0.05) is 11.8 Å². The highest BCUT2D eigenvalue weighted by Gasteiger charge is 2.12. The number of hydrogen-bond donors (Lipinski definition) is 2. The zero-order valence-electron chi connectivity index (χ0n) is 9.39. The minimum atomic E-state index is 0.655. The van der Waals surface area contributed by atoms with Gasteiger partial charge in [0.05, 0.1) is 9.77 Å². The van der Waals surface area contributed by atoms with Crippen LogP contribution in [0.25, 0.3) is 5.82 Å². The smallest absolute Gasteiger partial charge is 0.162 e. The van der Waals surface area contributed by atoms with Gasteiger partial charge in [-0.3, -0.25) is 0 Å². The molecule has 7 heteroatoms. The van der Waals surface area contributed by atoms with Gasteiger partial charge in [0.1, 0.15) is 12.1 Å². The van der Waals surface area contributed by atoms with Crippen molar-refractivity contribution in [3.63, 3.8) is 0 Å². The Morgan fingerprint density at radius 3 is 2.88 bits per heavy atom. The molecule has 0 aliphatic rings. The van der Waals surface area contributed by atoms with Gasteiger partial charge in [0.15, 0.2) is 5.82 Å². The SMILES string of the molecule is CCCc1c(NN)ncnc1-n1cc(I)cn1. The van der Waals surface area contributed by atoms with Crippen LogP contribution >= 0.6 is 22.6 Å². The van der Waals surface area contributed by atoms with E-state index in [1.165, 1.54) is 6.33 Å². The van der Waals surface area contributed by atoms with Gasteiger partial charge in [-0.2, -0.15) is 5.10 Å². The first-order valence-electron chi connectivity index (χ1n) is 5.27. The summed E-state index contributed by atoms with van der Waals surface area (Å²) in [5, 5.41) is 4.25. The van der Waals surface area contributed by atoms with Gasteiger partial charge in [-0.15, -0.1) is 0 Å². The number of halogens is 1. The predicted molar refractivity (Wildman–Crippen MR) is 73.7 cm³/mol. The molecule has 0 saturated heterocycles. The highest BCUT2D eigenvalue weighted by molar-refractivity contribution is 14.1. The summed E-state index contributed by atoms with van der Waals surface area (Å²) >= 11 is 2.21. The third-order valence-electron chi connectivity index (χ3n) is 2.33. The lowest BCUT2D eigenvalue weighted by Crippen LogP contribution is -2.14. The summed E-state index contributed by atoms with van der Waals surface area (Å²) in [6, 6.07) is 0. The molecule has 2 heterocycles. The number of hydrazine groups is 1. The third-order valence-corrected chi connectivity index (χ3v) is 2.88. The van der Waals surface area contributed by atoms with E-state index >= 15 is 0 Å². The van der Waals surface area contributed by atoms with Gasteiger partial charge >= 0.3 is 0 Å². The second-order valence-corrected chi connectivity index (χ2v) is 4.77. The van der Waals surface area contributed by atoms with Gasteiger partial charge < -0.3 is 5.43 Å². The number of aromatic nitrogens is 4. The van der Waals surface area contributed by atoms with E-state index in [9.17, 15) is 0 Å². The Bertz CT molecular complexity index is 509. The Kier molecular flexibility index (Phi) is 3.89. The molecule has 2 aromatic rings. The first kappa shape index (κ1) is 12.2. The number of nitrogen functional groups attached to an aromatic ring is 1. The maximum atomic E-state index is 5.46. The van der Waals surface area contributed by atoms with E-state index < -0.39 is 0 Å². The van der Waals surface area contributed by atoms with E-state index in [2.05, 4.69) is 50.0 Å². The Hall–Kier alpha value is -1.22. The highest BCUT2D eigenvalue weighted by Crippen LogP contribution is 2.20. The average Bonchev–Trinajstić information content (AvgIpc) is 2.76. The van der Waals surface area contributed by atoms with Crippen LogP contribution in [0.5, 0.6) is 0 Å². The molecule has 0 spiro atoms. The van der Waals surface area contributed by atoms with Crippen molar-refractivity contribution in [3.8, 4) is 5.82 Å². The molecule has 0 aromatic carbocycles. The van der Waals surface area contributed by atoms with Gasteiger partial charge in [-0.25, -0.2) is 20.5 Å². The summed E-state index contributed by atoms with van der Waals surface area (Å²) < 4.78 is 2.81. The molecule has 6 nitrogen and oxygen atoms in total. The van der Waals surface area contributed by atoms with Crippen molar-refractivity contribution in [2.24, 2.45) is 5.84 Å². The molecule has 0 radical (unpaired) electrons. The number of anilines is 1. The van der Waals surface area contributed by atoms with E-state index in [4.69, 9.17) is 5.84 Å². The van der Waals surface area contributed by atoms with E-state index in [-0.39, 0.29) is 0 Å².